The van der Waals surface area contributed by atoms with E-state index in [0.29, 0.717) is 36.7 Å². The van der Waals surface area contributed by atoms with Gasteiger partial charge in [0.15, 0.2) is 0 Å². The SMILES string of the molecule is CCOC(C)/C(C(=O)Oc1ccc(Br)cc1)=C1\CC(c2ccccc2)(c2ccccc2)CO1. The Bertz CT molecular complexity index is 1070. The Balaban J connectivity index is 1.74. The lowest BCUT2D eigenvalue weighted by Crippen LogP contribution is -2.28. The molecule has 0 N–H and O–H groups in total. The fourth-order valence-corrected chi connectivity index (χ4v) is 4.58. The Morgan fingerprint density at radius 2 is 1.55 bits per heavy atom. The van der Waals surface area contributed by atoms with Crippen molar-refractivity contribution in [1.29, 1.82) is 0 Å². The molecule has 0 saturated carbocycles. The van der Waals surface area contributed by atoms with E-state index in [1.165, 1.54) is 0 Å². The van der Waals surface area contributed by atoms with Crippen molar-refractivity contribution in [3.8, 4) is 5.75 Å². The van der Waals surface area contributed by atoms with Gasteiger partial charge in [0, 0.05) is 17.5 Å². The van der Waals surface area contributed by atoms with Gasteiger partial charge in [-0.05, 0) is 49.2 Å². The molecule has 0 spiro atoms. The minimum atomic E-state index is -0.463. The Labute approximate surface area is 203 Å². The van der Waals surface area contributed by atoms with E-state index in [0.717, 1.165) is 15.6 Å². The minimum absolute atomic E-state index is 0.396. The number of hydrogen-bond acceptors (Lipinski definition) is 4. The third-order valence-electron chi connectivity index (χ3n) is 5.98. The van der Waals surface area contributed by atoms with Crippen LogP contribution in [-0.2, 0) is 19.7 Å². The van der Waals surface area contributed by atoms with Gasteiger partial charge in [-0.2, -0.15) is 0 Å². The third-order valence-corrected chi connectivity index (χ3v) is 6.50. The maximum Gasteiger partial charge on any atom is 0.345 e. The molecule has 1 atom stereocenters. The van der Waals surface area contributed by atoms with E-state index in [1.54, 1.807) is 12.1 Å². The molecule has 0 radical (unpaired) electrons. The maximum absolute atomic E-state index is 13.3. The van der Waals surface area contributed by atoms with Crippen LogP contribution in [0.2, 0.25) is 0 Å². The van der Waals surface area contributed by atoms with E-state index >= 15 is 0 Å². The molecular weight excluding hydrogens is 480 g/mol. The summed E-state index contributed by atoms with van der Waals surface area (Å²) in [6.45, 7) is 4.69. The highest BCUT2D eigenvalue weighted by Crippen LogP contribution is 2.45. The van der Waals surface area contributed by atoms with Crippen molar-refractivity contribution in [2.45, 2.75) is 31.8 Å². The maximum atomic E-state index is 13.3. The number of rotatable bonds is 7. The van der Waals surface area contributed by atoms with Crippen LogP contribution in [0.1, 0.15) is 31.4 Å². The summed E-state index contributed by atoms with van der Waals surface area (Å²) < 4.78 is 18.7. The number of ether oxygens (including phenoxy) is 3. The van der Waals surface area contributed by atoms with Crippen LogP contribution in [0.15, 0.2) is 101 Å². The second-order valence-corrected chi connectivity index (χ2v) is 8.97. The number of allylic oxidation sites excluding steroid dienone is 1. The zero-order chi connectivity index (χ0) is 23.3. The summed E-state index contributed by atoms with van der Waals surface area (Å²) in [4.78, 5) is 13.3. The molecule has 1 saturated heterocycles. The number of benzene rings is 3. The van der Waals surface area contributed by atoms with Crippen LogP contribution in [0.3, 0.4) is 0 Å². The highest BCUT2D eigenvalue weighted by Gasteiger charge is 2.44. The molecule has 0 amide bonds. The van der Waals surface area contributed by atoms with Gasteiger partial charge >= 0.3 is 5.97 Å². The number of carbonyl (C=O) groups excluding carboxylic acids is 1. The van der Waals surface area contributed by atoms with Crippen molar-refractivity contribution >= 4 is 21.9 Å². The van der Waals surface area contributed by atoms with Crippen LogP contribution < -0.4 is 4.74 Å². The number of esters is 1. The summed E-state index contributed by atoms with van der Waals surface area (Å²) in [7, 11) is 0. The Kier molecular flexibility index (Phi) is 7.31. The lowest BCUT2D eigenvalue weighted by molar-refractivity contribution is -0.131. The zero-order valence-electron chi connectivity index (χ0n) is 18.8. The lowest BCUT2D eigenvalue weighted by atomic mass is 9.73. The second kappa shape index (κ2) is 10.4. The molecule has 0 aliphatic carbocycles. The van der Waals surface area contributed by atoms with Crippen molar-refractivity contribution in [3.05, 3.63) is 112 Å². The summed E-state index contributed by atoms with van der Waals surface area (Å²) in [6, 6.07) is 27.8. The predicted molar refractivity (Wildman–Crippen MR) is 132 cm³/mol. The number of hydrogen-bond donors (Lipinski definition) is 0. The van der Waals surface area contributed by atoms with E-state index in [9.17, 15) is 4.79 Å². The molecule has 170 valence electrons. The average Bonchev–Trinajstić information content (AvgIpc) is 3.28. The lowest BCUT2D eigenvalue weighted by Gasteiger charge is -2.28. The molecule has 0 aromatic heterocycles. The van der Waals surface area contributed by atoms with Gasteiger partial charge in [0.1, 0.15) is 23.7 Å². The molecular formula is C28H27BrO4. The van der Waals surface area contributed by atoms with Gasteiger partial charge in [0.05, 0.1) is 11.5 Å². The smallest absolute Gasteiger partial charge is 0.345 e. The van der Waals surface area contributed by atoms with E-state index in [4.69, 9.17) is 14.2 Å². The standard InChI is InChI=1S/C28H27BrO4/c1-3-31-20(2)26(27(30)33-24-16-14-23(29)15-17-24)25-18-28(19-32-25,21-10-6-4-7-11-21)22-12-8-5-9-13-22/h4-17,20H,3,18-19H2,1-2H3/b26-25-. The molecule has 1 unspecified atom stereocenters. The molecule has 33 heavy (non-hydrogen) atoms. The van der Waals surface area contributed by atoms with E-state index in [-0.39, 0.29) is 0 Å². The van der Waals surface area contributed by atoms with Crippen molar-refractivity contribution in [2.24, 2.45) is 0 Å². The van der Waals surface area contributed by atoms with Gasteiger partial charge < -0.3 is 14.2 Å². The van der Waals surface area contributed by atoms with Crippen LogP contribution >= 0.6 is 15.9 Å². The molecule has 3 aromatic rings. The van der Waals surface area contributed by atoms with Crippen molar-refractivity contribution in [3.63, 3.8) is 0 Å². The normalized spacial score (nSPS) is 17.2. The number of carbonyl (C=O) groups is 1. The zero-order valence-corrected chi connectivity index (χ0v) is 20.4. The largest absolute Gasteiger partial charge is 0.496 e. The first-order valence-corrected chi connectivity index (χ1v) is 11.9. The molecule has 1 fully saturated rings. The number of halogens is 1. The van der Waals surface area contributed by atoms with Gasteiger partial charge in [0.2, 0.25) is 0 Å². The summed E-state index contributed by atoms with van der Waals surface area (Å²) in [6.07, 6.45) is 0.0822. The Hall–Kier alpha value is -2.89. The van der Waals surface area contributed by atoms with E-state index < -0.39 is 17.5 Å². The first-order chi connectivity index (χ1) is 16.0. The molecule has 4 nitrogen and oxygen atoms in total. The van der Waals surface area contributed by atoms with Gasteiger partial charge in [0.25, 0.3) is 0 Å². The van der Waals surface area contributed by atoms with Crippen molar-refractivity contribution < 1.29 is 19.0 Å². The monoisotopic (exact) mass is 506 g/mol. The Morgan fingerprint density at radius 1 is 0.970 bits per heavy atom. The molecule has 3 aromatic carbocycles. The van der Waals surface area contributed by atoms with Crippen molar-refractivity contribution in [1.82, 2.24) is 0 Å². The quantitative estimate of drug-likeness (QED) is 0.210. The fourth-order valence-electron chi connectivity index (χ4n) is 4.32. The van der Waals surface area contributed by atoms with E-state index in [1.807, 2.05) is 62.4 Å². The van der Waals surface area contributed by atoms with Crippen molar-refractivity contribution in [2.75, 3.05) is 13.2 Å². The van der Waals surface area contributed by atoms with E-state index in [2.05, 4.69) is 40.2 Å². The highest BCUT2D eigenvalue weighted by molar-refractivity contribution is 9.10. The third kappa shape index (κ3) is 5.05. The molecule has 0 bridgehead atoms. The van der Waals surface area contributed by atoms with Crippen LogP contribution in [0.25, 0.3) is 0 Å². The fraction of sp³-hybridized carbons (Fsp3) is 0.250. The van der Waals surface area contributed by atoms with Gasteiger partial charge in [-0.15, -0.1) is 0 Å². The van der Waals surface area contributed by atoms with Crippen LogP contribution in [0.5, 0.6) is 5.75 Å². The van der Waals surface area contributed by atoms with Gasteiger partial charge in [-0.1, -0.05) is 76.6 Å². The van der Waals surface area contributed by atoms with Gasteiger partial charge in [-0.25, -0.2) is 4.79 Å². The second-order valence-electron chi connectivity index (χ2n) is 8.06. The average molecular weight is 507 g/mol. The molecule has 4 rings (SSSR count). The summed E-state index contributed by atoms with van der Waals surface area (Å²) >= 11 is 3.41. The molecule has 1 heterocycles. The summed E-state index contributed by atoms with van der Waals surface area (Å²) in [5, 5.41) is 0. The van der Waals surface area contributed by atoms with Crippen LogP contribution in [0, 0.1) is 0 Å². The van der Waals surface area contributed by atoms with Gasteiger partial charge in [-0.3, -0.25) is 0 Å². The molecule has 1 aliphatic rings. The first kappa shape index (κ1) is 23.3. The van der Waals surface area contributed by atoms with Crippen LogP contribution in [-0.4, -0.2) is 25.3 Å². The molecule has 5 heteroatoms. The van der Waals surface area contributed by atoms with Crippen LogP contribution in [0.4, 0.5) is 0 Å². The first-order valence-electron chi connectivity index (χ1n) is 11.1. The molecule has 1 aliphatic heterocycles. The summed E-state index contributed by atoms with van der Waals surface area (Å²) in [5.41, 5.74) is 2.33. The minimum Gasteiger partial charge on any atom is -0.496 e. The Morgan fingerprint density at radius 3 is 2.09 bits per heavy atom. The topological polar surface area (TPSA) is 44.8 Å². The highest BCUT2D eigenvalue weighted by atomic mass is 79.9. The summed E-state index contributed by atoms with van der Waals surface area (Å²) in [5.74, 6) is 0.636. The predicted octanol–water partition coefficient (Wildman–Crippen LogP) is 6.44.